The van der Waals surface area contributed by atoms with Crippen LogP contribution in [0.1, 0.15) is 17.3 Å². The Morgan fingerprint density at radius 3 is 2.06 bits per heavy atom. The first kappa shape index (κ1) is 21.6. The number of carbonyl (C=O) groups is 2. The third-order valence-corrected chi connectivity index (χ3v) is 5.66. The molecule has 0 saturated heterocycles. The number of ether oxygens (including phenoxy) is 4. The van der Waals surface area contributed by atoms with Gasteiger partial charge in [0.05, 0.1) is 6.04 Å². The predicted octanol–water partition coefficient (Wildman–Crippen LogP) is 3.42. The molecule has 0 bridgehead atoms. The fourth-order valence-electron chi connectivity index (χ4n) is 3.74. The number of para-hydroxylation sites is 4. The van der Waals surface area contributed by atoms with E-state index in [1.807, 2.05) is 43.3 Å². The molecule has 8 nitrogen and oxygen atoms in total. The van der Waals surface area contributed by atoms with Crippen molar-refractivity contribution in [2.45, 2.75) is 25.2 Å². The van der Waals surface area contributed by atoms with Crippen molar-refractivity contribution >= 4 is 17.5 Å². The molecular formula is C26H24N2O6. The van der Waals surface area contributed by atoms with Crippen molar-refractivity contribution in [3.63, 3.8) is 0 Å². The first-order valence-electron chi connectivity index (χ1n) is 11.1. The third-order valence-electron chi connectivity index (χ3n) is 5.66. The van der Waals surface area contributed by atoms with Crippen LogP contribution in [0.25, 0.3) is 0 Å². The number of fused-ring (bicyclic) bond motifs is 2. The highest BCUT2D eigenvalue weighted by Gasteiger charge is 2.28. The molecule has 0 unspecified atom stereocenters. The molecule has 2 amide bonds. The van der Waals surface area contributed by atoms with E-state index in [-0.39, 0.29) is 30.6 Å². The van der Waals surface area contributed by atoms with Gasteiger partial charge in [0.2, 0.25) is 6.10 Å². The molecule has 0 radical (unpaired) electrons. The van der Waals surface area contributed by atoms with E-state index in [0.717, 1.165) is 0 Å². The molecule has 2 heterocycles. The highest BCUT2D eigenvalue weighted by molar-refractivity contribution is 5.97. The molecule has 0 fully saturated rings. The monoisotopic (exact) mass is 460 g/mol. The van der Waals surface area contributed by atoms with Gasteiger partial charge in [0, 0.05) is 11.3 Å². The van der Waals surface area contributed by atoms with Gasteiger partial charge in [-0.2, -0.15) is 0 Å². The van der Waals surface area contributed by atoms with Crippen LogP contribution in [0.2, 0.25) is 0 Å². The Morgan fingerprint density at radius 1 is 0.794 bits per heavy atom. The van der Waals surface area contributed by atoms with Crippen LogP contribution in [0.4, 0.5) is 5.69 Å². The molecule has 8 heteroatoms. The van der Waals surface area contributed by atoms with Gasteiger partial charge in [0.25, 0.3) is 11.8 Å². The average molecular weight is 460 g/mol. The summed E-state index contributed by atoms with van der Waals surface area (Å²) in [5.41, 5.74) is 1.02. The average Bonchev–Trinajstić information content (AvgIpc) is 2.88. The Kier molecular flexibility index (Phi) is 5.95. The third kappa shape index (κ3) is 4.61. The molecule has 3 aromatic rings. The predicted molar refractivity (Wildman–Crippen MR) is 125 cm³/mol. The van der Waals surface area contributed by atoms with Crippen molar-refractivity contribution < 1.29 is 28.5 Å². The van der Waals surface area contributed by atoms with Crippen LogP contribution >= 0.6 is 0 Å². The number of hydrogen-bond donors (Lipinski definition) is 2. The molecule has 0 spiro atoms. The SMILES string of the molecule is C[C@H](NC(=O)c1ccc(NC(=O)[C@@H]2COc3ccccc3O2)cc1)[C@@H]1COc2ccccc2O1. The van der Waals surface area contributed by atoms with E-state index in [9.17, 15) is 9.59 Å². The van der Waals surface area contributed by atoms with Crippen molar-refractivity contribution in [3.8, 4) is 23.0 Å². The molecule has 174 valence electrons. The van der Waals surface area contributed by atoms with Crippen LogP contribution in [0.15, 0.2) is 72.8 Å². The summed E-state index contributed by atoms with van der Waals surface area (Å²) in [7, 11) is 0. The van der Waals surface area contributed by atoms with Gasteiger partial charge < -0.3 is 29.6 Å². The first-order chi connectivity index (χ1) is 16.6. The van der Waals surface area contributed by atoms with Gasteiger partial charge >= 0.3 is 0 Å². The molecular weight excluding hydrogens is 436 g/mol. The maximum absolute atomic E-state index is 12.7. The Hall–Kier alpha value is -4.20. The zero-order valence-corrected chi connectivity index (χ0v) is 18.5. The van der Waals surface area contributed by atoms with Gasteiger partial charge in [-0.15, -0.1) is 0 Å². The van der Waals surface area contributed by atoms with E-state index in [0.29, 0.717) is 40.9 Å². The number of hydrogen-bond acceptors (Lipinski definition) is 6. The summed E-state index contributed by atoms with van der Waals surface area (Å²) >= 11 is 0. The summed E-state index contributed by atoms with van der Waals surface area (Å²) in [6.45, 7) is 2.35. The van der Waals surface area contributed by atoms with Crippen molar-refractivity contribution in [3.05, 3.63) is 78.4 Å². The molecule has 0 aliphatic carbocycles. The first-order valence-corrected chi connectivity index (χ1v) is 11.1. The fraction of sp³-hybridized carbons (Fsp3) is 0.231. The van der Waals surface area contributed by atoms with Crippen LogP contribution in [-0.4, -0.2) is 43.3 Å². The Morgan fingerprint density at radius 2 is 1.38 bits per heavy atom. The maximum atomic E-state index is 12.7. The second kappa shape index (κ2) is 9.35. The van der Waals surface area contributed by atoms with Crippen LogP contribution in [-0.2, 0) is 4.79 Å². The lowest BCUT2D eigenvalue weighted by atomic mass is 10.1. The van der Waals surface area contributed by atoms with E-state index in [1.165, 1.54) is 0 Å². The van der Waals surface area contributed by atoms with E-state index in [4.69, 9.17) is 18.9 Å². The number of nitrogens with one attached hydrogen (secondary N) is 2. The fourth-order valence-corrected chi connectivity index (χ4v) is 3.74. The quantitative estimate of drug-likeness (QED) is 0.606. The van der Waals surface area contributed by atoms with E-state index in [2.05, 4.69) is 10.6 Å². The van der Waals surface area contributed by atoms with Gasteiger partial charge in [-0.25, -0.2) is 0 Å². The van der Waals surface area contributed by atoms with Gasteiger partial charge in [-0.1, -0.05) is 24.3 Å². The number of rotatable bonds is 5. The molecule has 34 heavy (non-hydrogen) atoms. The minimum atomic E-state index is -0.762. The van der Waals surface area contributed by atoms with Crippen molar-refractivity contribution in [2.75, 3.05) is 18.5 Å². The van der Waals surface area contributed by atoms with Gasteiger partial charge in [0.1, 0.15) is 13.2 Å². The molecule has 2 aliphatic rings. The zero-order valence-electron chi connectivity index (χ0n) is 18.5. The van der Waals surface area contributed by atoms with Crippen molar-refractivity contribution in [1.82, 2.24) is 5.32 Å². The smallest absolute Gasteiger partial charge is 0.269 e. The van der Waals surface area contributed by atoms with Crippen LogP contribution in [0, 0.1) is 0 Å². The largest absolute Gasteiger partial charge is 0.486 e. The summed E-state index contributed by atoms with van der Waals surface area (Å²) in [6.07, 6.45) is -1.07. The second-order valence-corrected chi connectivity index (χ2v) is 8.11. The molecule has 2 aliphatic heterocycles. The normalized spacial score (nSPS) is 19.0. The van der Waals surface area contributed by atoms with Gasteiger partial charge in [-0.05, 0) is 55.5 Å². The maximum Gasteiger partial charge on any atom is 0.269 e. The lowest BCUT2D eigenvalue weighted by Gasteiger charge is -2.30. The Labute approximate surface area is 196 Å². The molecule has 5 rings (SSSR count). The van der Waals surface area contributed by atoms with Crippen LogP contribution in [0.5, 0.6) is 23.0 Å². The summed E-state index contributed by atoms with van der Waals surface area (Å²) in [6, 6.07) is 21.0. The van der Waals surface area contributed by atoms with E-state index < -0.39 is 6.10 Å². The number of carbonyl (C=O) groups excluding carboxylic acids is 2. The lowest BCUT2D eigenvalue weighted by molar-refractivity contribution is -0.125. The highest BCUT2D eigenvalue weighted by Crippen LogP contribution is 2.32. The topological polar surface area (TPSA) is 95.1 Å². The Bertz CT molecular complexity index is 1200. The lowest BCUT2D eigenvalue weighted by Crippen LogP contribution is -2.48. The van der Waals surface area contributed by atoms with Crippen LogP contribution < -0.4 is 29.6 Å². The molecule has 0 aromatic heterocycles. The van der Waals surface area contributed by atoms with E-state index >= 15 is 0 Å². The standard InChI is InChI=1S/C26H24N2O6/c1-16(23-14-31-19-6-2-4-8-21(19)33-23)27-25(29)17-10-12-18(13-11-17)28-26(30)24-15-32-20-7-3-5-9-22(20)34-24/h2-13,16,23-24H,14-15H2,1H3,(H,27,29)(H,28,30)/t16-,23-,24-/m0/s1. The summed E-state index contributed by atoms with van der Waals surface area (Å²) in [4.78, 5) is 25.3. The summed E-state index contributed by atoms with van der Waals surface area (Å²) in [5.74, 6) is 1.94. The minimum Gasteiger partial charge on any atom is -0.486 e. The summed E-state index contributed by atoms with van der Waals surface area (Å²) in [5, 5.41) is 5.75. The van der Waals surface area contributed by atoms with Gasteiger partial charge in [0.15, 0.2) is 29.1 Å². The number of amides is 2. The zero-order chi connectivity index (χ0) is 23.5. The molecule has 3 atom stereocenters. The minimum absolute atomic E-state index is 0.124. The van der Waals surface area contributed by atoms with Gasteiger partial charge in [-0.3, -0.25) is 9.59 Å². The Balaban J connectivity index is 1.15. The van der Waals surface area contributed by atoms with Crippen LogP contribution in [0.3, 0.4) is 0 Å². The molecule has 2 N–H and O–H groups in total. The summed E-state index contributed by atoms with van der Waals surface area (Å²) < 4.78 is 23.0. The highest BCUT2D eigenvalue weighted by atomic mass is 16.6. The number of anilines is 1. The number of benzene rings is 3. The van der Waals surface area contributed by atoms with E-state index in [1.54, 1.807) is 36.4 Å². The molecule has 3 aromatic carbocycles. The van der Waals surface area contributed by atoms with Crippen molar-refractivity contribution in [1.29, 1.82) is 0 Å². The molecule has 0 saturated carbocycles. The van der Waals surface area contributed by atoms with Crippen molar-refractivity contribution in [2.24, 2.45) is 0 Å². The second-order valence-electron chi connectivity index (χ2n) is 8.11.